The Balaban J connectivity index is 1.14. The summed E-state index contributed by atoms with van der Waals surface area (Å²) >= 11 is 7.84. The fraction of sp³-hybridized carbons (Fsp3) is 0.618. The van der Waals surface area contributed by atoms with Gasteiger partial charge >= 0.3 is 18.2 Å². The van der Waals surface area contributed by atoms with Crippen molar-refractivity contribution < 1.29 is 27.6 Å². The second-order valence-corrected chi connectivity index (χ2v) is 15.0. The minimum absolute atomic E-state index is 0.0472. The number of nitrogens with zero attached hydrogens (tertiary/aromatic N) is 4. The van der Waals surface area contributed by atoms with Crippen molar-refractivity contribution in [3.63, 3.8) is 0 Å². The lowest BCUT2D eigenvalue weighted by molar-refractivity contribution is -0.137. The minimum Gasteiger partial charge on any atom is -0.386 e. The number of benzene rings is 1. The molecular weight excluding hydrogens is 679 g/mol. The minimum atomic E-state index is -4.67. The first-order chi connectivity index (χ1) is 23.4. The van der Waals surface area contributed by atoms with Crippen LogP contribution in [-0.4, -0.2) is 103 Å². The molecular formula is C34H45ClF3N7O3S. The van der Waals surface area contributed by atoms with Gasteiger partial charge in [0, 0.05) is 56.6 Å². The van der Waals surface area contributed by atoms with Crippen molar-refractivity contribution in [3.8, 4) is 0 Å². The van der Waals surface area contributed by atoms with Gasteiger partial charge in [-0.3, -0.25) is 4.79 Å². The number of alkyl halides is 3. The number of halogens is 4. The van der Waals surface area contributed by atoms with Gasteiger partial charge in [0.05, 0.1) is 28.5 Å². The van der Waals surface area contributed by atoms with Crippen LogP contribution in [0.25, 0.3) is 0 Å². The highest BCUT2D eigenvalue weighted by atomic mass is 35.5. The fourth-order valence-corrected chi connectivity index (χ4v) is 9.04. The molecule has 268 valence electrons. The van der Waals surface area contributed by atoms with E-state index in [4.69, 9.17) is 11.6 Å². The van der Waals surface area contributed by atoms with Crippen molar-refractivity contribution in [2.75, 3.05) is 64.0 Å². The summed E-state index contributed by atoms with van der Waals surface area (Å²) in [5.41, 5.74) is 0.958. The van der Waals surface area contributed by atoms with Crippen molar-refractivity contribution in [2.24, 2.45) is 11.8 Å². The lowest BCUT2D eigenvalue weighted by Crippen LogP contribution is -2.57. The van der Waals surface area contributed by atoms with Crippen LogP contribution in [0.4, 0.5) is 34.1 Å². The first kappa shape index (κ1) is 35.6. The predicted octanol–water partition coefficient (Wildman–Crippen LogP) is 6.18. The maximum absolute atomic E-state index is 14.1. The zero-order valence-corrected chi connectivity index (χ0v) is 29.5. The largest absolute Gasteiger partial charge is 0.418 e. The molecule has 2 aromatic rings. The molecule has 0 bridgehead atoms. The van der Waals surface area contributed by atoms with Gasteiger partial charge in [-0.1, -0.05) is 11.6 Å². The van der Waals surface area contributed by atoms with Crippen LogP contribution in [0.15, 0.2) is 22.9 Å². The van der Waals surface area contributed by atoms with Gasteiger partial charge < -0.3 is 35.6 Å². The lowest BCUT2D eigenvalue weighted by Gasteiger charge is -2.41. The van der Waals surface area contributed by atoms with E-state index in [1.807, 2.05) is 15.7 Å². The average Bonchev–Trinajstić information content (AvgIpc) is 3.54. The summed E-state index contributed by atoms with van der Waals surface area (Å²) in [6.07, 6.45) is 0.355. The molecule has 15 heteroatoms. The number of anilines is 2. The molecule has 1 atom stereocenters. The van der Waals surface area contributed by atoms with Crippen LogP contribution < -0.4 is 16.0 Å². The normalized spacial score (nSPS) is 20.9. The van der Waals surface area contributed by atoms with E-state index >= 15 is 0 Å². The molecule has 1 aromatic carbocycles. The van der Waals surface area contributed by atoms with Gasteiger partial charge in [0.25, 0.3) is 0 Å². The van der Waals surface area contributed by atoms with Gasteiger partial charge in [-0.15, -0.1) is 11.3 Å². The predicted molar refractivity (Wildman–Crippen MR) is 185 cm³/mol. The van der Waals surface area contributed by atoms with Gasteiger partial charge in [0.15, 0.2) is 0 Å². The van der Waals surface area contributed by atoms with Gasteiger partial charge in [-0.05, 0) is 93.6 Å². The molecule has 5 heterocycles. The molecule has 0 unspecified atom stereocenters. The maximum Gasteiger partial charge on any atom is 0.418 e. The summed E-state index contributed by atoms with van der Waals surface area (Å²) in [4.78, 5) is 48.1. The van der Waals surface area contributed by atoms with Gasteiger partial charge in [0.1, 0.15) is 6.04 Å². The first-order valence-electron chi connectivity index (χ1n) is 17.1. The van der Waals surface area contributed by atoms with Crippen LogP contribution >= 0.6 is 22.9 Å². The Labute approximate surface area is 294 Å². The summed E-state index contributed by atoms with van der Waals surface area (Å²) in [6.45, 7) is 4.51. The van der Waals surface area contributed by atoms with E-state index in [-0.39, 0.29) is 40.7 Å². The fourth-order valence-electron chi connectivity index (χ4n) is 7.92. The molecule has 10 nitrogen and oxygen atoms in total. The SMILES string of the molecule is CNc1c(Cl)cc(C[C@@H](NC(=O)N2CCC(N3Cc4cscc4NC3=O)CC2)C(=O)N2CCC(C3CCN(C)CC3)CC2)cc1C(F)(F)F. The molecule has 3 fully saturated rings. The van der Waals surface area contributed by atoms with E-state index in [1.54, 1.807) is 9.80 Å². The number of hydrogen-bond donors (Lipinski definition) is 3. The Morgan fingerprint density at radius 2 is 1.61 bits per heavy atom. The summed E-state index contributed by atoms with van der Waals surface area (Å²) in [6, 6.07) is 0.706. The third-order valence-electron chi connectivity index (χ3n) is 10.8. The second-order valence-electron chi connectivity index (χ2n) is 13.8. The Hall–Kier alpha value is -3.23. The molecule has 0 aliphatic carbocycles. The number of thiophene rings is 1. The third-order valence-corrected chi connectivity index (χ3v) is 11.9. The van der Waals surface area contributed by atoms with E-state index in [0.29, 0.717) is 57.4 Å². The first-order valence-corrected chi connectivity index (χ1v) is 18.5. The molecule has 6 rings (SSSR count). The van der Waals surface area contributed by atoms with Crippen LogP contribution in [0.5, 0.6) is 0 Å². The number of carbonyl (C=O) groups excluding carboxylic acids is 3. The summed E-state index contributed by atoms with van der Waals surface area (Å²) < 4.78 is 42.0. The second kappa shape index (κ2) is 14.9. The molecule has 0 saturated carbocycles. The standard InChI is InChI=1S/C34H45ClF3N7O3S/c1-39-30-26(34(36,37)38)15-21(16-27(30)35)17-28(31(46)43-11-5-23(6-12-43)22-3-9-42(2)10-4-22)40-32(47)44-13-7-25(8-14-44)45-18-24-19-49-20-29(24)41-33(45)48/h15-16,19-20,22-23,25,28,39H,3-14,17-18H2,1-2H3,(H,40,47)(H,41,48)/t28-/m1/s1. The van der Waals surface area contributed by atoms with E-state index in [1.165, 1.54) is 24.5 Å². The molecule has 1 aromatic heterocycles. The van der Waals surface area contributed by atoms with E-state index in [2.05, 4.69) is 27.9 Å². The highest BCUT2D eigenvalue weighted by Crippen LogP contribution is 2.40. The number of piperidine rings is 3. The number of urea groups is 2. The quantitative estimate of drug-likeness (QED) is 0.317. The van der Waals surface area contributed by atoms with Crippen LogP contribution in [0.3, 0.4) is 0 Å². The topological polar surface area (TPSA) is 100 Å². The molecule has 0 radical (unpaired) electrons. The summed E-state index contributed by atoms with van der Waals surface area (Å²) in [7, 11) is 3.51. The van der Waals surface area contributed by atoms with Crippen molar-refractivity contribution in [2.45, 2.75) is 69.8 Å². The zero-order valence-electron chi connectivity index (χ0n) is 28.0. The number of rotatable bonds is 7. The van der Waals surface area contributed by atoms with Crippen molar-refractivity contribution >= 4 is 52.3 Å². The Bertz CT molecular complexity index is 1520. The molecule has 5 amide bonds. The monoisotopic (exact) mass is 723 g/mol. The van der Waals surface area contributed by atoms with Crippen LogP contribution in [0.2, 0.25) is 5.02 Å². The highest BCUT2D eigenvalue weighted by Gasteiger charge is 2.38. The summed E-state index contributed by atoms with van der Waals surface area (Å²) in [5.74, 6) is 0.857. The number of nitrogens with one attached hydrogen (secondary N) is 3. The number of amides is 5. The highest BCUT2D eigenvalue weighted by molar-refractivity contribution is 7.08. The van der Waals surface area contributed by atoms with Gasteiger partial charge in [0.2, 0.25) is 5.91 Å². The Kier molecular flexibility index (Phi) is 10.9. The van der Waals surface area contributed by atoms with Crippen LogP contribution in [0.1, 0.15) is 55.2 Å². The number of carbonyl (C=O) groups is 3. The zero-order chi connectivity index (χ0) is 34.9. The molecule has 0 spiro atoms. The van der Waals surface area contributed by atoms with Crippen molar-refractivity contribution in [1.82, 2.24) is 24.9 Å². The van der Waals surface area contributed by atoms with Crippen LogP contribution in [-0.2, 0) is 23.9 Å². The van der Waals surface area contributed by atoms with Gasteiger partial charge in [-0.2, -0.15) is 13.2 Å². The Morgan fingerprint density at radius 3 is 2.24 bits per heavy atom. The van der Waals surface area contributed by atoms with E-state index in [9.17, 15) is 27.6 Å². The number of likely N-dealkylation sites (tertiary alicyclic amines) is 3. The lowest BCUT2D eigenvalue weighted by atomic mass is 9.79. The smallest absolute Gasteiger partial charge is 0.386 e. The summed E-state index contributed by atoms with van der Waals surface area (Å²) in [5, 5.41) is 12.2. The van der Waals surface area contributed by atoms with E-state index < -0.39 is 23.8 Å². The maximum atomic E-state index is 14.1. The van der Waals surface area contributed by atoms with E-state index in [0.717, 1.165) is 56.1 Å². The molecule has 4 aliphatic heterocycles. The Morgan fingerprint density at radius 1 is 0.980 bits per heavy atom. The van der Waals surface area contributed by atoms with Crippen LogP contribution in [0, 0.1) is 11.8 Å². The number of fused-ring (bicyclic) bond motifs is 1. The van der Waals surface area contributed by atoms with Gasteiger partial charge in [-0.25, -0.2) is 9.59 Å². The number of hydrogen-bond acceptors (Lipinski definition) is 6. The van der Waals surface area contributed by atoms with Crippen molar-refractivity contribution in [1.29, 1.82) is 0 Å². The third kappa shape index (κ3) is 8.06. The molecule has 4 aliphatic rings. The molecule has 49 heavy (non-hydrogen) atoms. The molecule has 3 saturated heterocycles. The average molecular weight is 724 g/mol. The van der Waals surface area contributed by atoms with Crippen molar-refractivity contribution in [3.05, 3.63) is 44.6 Å². The molecule has 3 N–H and O–H groups in total.